The summed E-state index contributed by atoms with van der Waals surface area (Å²) >= 11 is 0. The van der Waals surface area contributed by atoms with Crippen molar-refractivity contribution in [3.63, 3.8) is 0 Å². The number of aliphatic hydroxyl groups excluding tert-OH is 4. The number of aliphatic imine (C=N–C) groups is 1. The van der Waals surface area contributed by atoms with Crippen LogP contribution in [0.4, 0.5) is 5.69 Å². The van der Waals surface area contributed by atoms with Gasteiger partial charge in [-0.1, -0.05) is 19.1 Å². The molecular weight excluding hydrogens is 726 g/mol. The van der Waals surface area contributed by atoms with Crippen LogP contribution in [0.15, 0.2) is 74.1 Å². The predicted octanol–water partition coefficient (Wildman–Crippen LogP) is 2.23. The van der Waals surface area contributed by atoms with Gasteiger partial charge >= 0.3 is 0 Å². The van der Waals surface area contributed by atoms with Crippen molar-refractivity contribution in [2.75, 3.05) is 31.2 Å². The second kappa shape index (κ2) is 15.7. The second-order valence-electron chi connectivity index (χ2n) is 15.5. The number of amides is 1. The molecule has 2 aromatic carbocycles. The highest BCUT2D eigenvalue weighted by molar-refractivity contribution is 6.13. The van der Waals surface area contributed by atoms with Gasteiger partial charge in [0.2, 0.25) is 5.91 Å². The number of ether oxygens (including phenoxy) is 1. The van der Waals surface area contributed by atoms with Crippen LogP contribution < -0.4 is 20.4 Å². The van der Waals surface area contributed by atoms with Crippen LogP contribution in [0.3, 0.4) is 0 Å². The fourth-order valence-corrected chi connectivity index (χ4v) is 8.16. The molecule has 1 aromatic heterocycles. The summed E-state index contributed by atoms with van der Waals surface area (Å²) in [5.41, 5.74) is 1.38. The van der Waals surface area contributed by atoms with E-state index in [0.717, 1.165) is 17.0 Å². The van der Waals surface area contributed by atoms with E-state index in [4.69, 9.17) is 18.9 Å². The molecule has 7 atom stereocenters. The molecule has 7 N–H and O–H groups in total. The lowest BCUT2D eigenvalue weighted by atomic mass is 9.83. The summed E-state index contributed by atoms with van der Waals surface area (Å²) in [6.07, 6.45) is -0.929. The van der Waals surface area contributed by atoms with E-state index in [0.29, 0.717) is 78.1 Å². The molecule has 0 unspecified atom stereocenters. The largest absolute Gasteiger partial charge is 0.508 e. The number of fused-ring (bicyclic) bond motifs is 3. The average molecular weight is 776 g/mol. The minimum absolute atomic E-state index is 0.0210. The molecule has 3 aromatic rings. The number of hydrogen-bond donors (Lipinski definition) is 7. The first kappa shape index (κ1) is 39.6. The van der Waals surface area contributed by atoms with E-state index in [1.807, 2.05) is 13.0 Å². The van der Waals surface area contributed by atoms with Crippen LogP contribution in [-0.4, -0.2) is 104 Å². The van der Waals surface area contributed by atoms with E-state index in [2.05, 4.69) is 22.1 Å². The summed E-state index contributed by atoms with van der Waals surface area (Å²) < 4.78 is 13.4. The van der Waals surface area contributed by atoms with Crippen molar-refractivity contribution in [3.8, 4) is 11.5 Å². The molecular formula is C41H49N3O12. The van der Waals surface area contributed by atoms with Gasteiger partial charge in [0.15, 0.2) is 16.8 Å². The lowest BCUT2D eigenvalue weighted by Gasteiger charge is -2.44. The van der Waals surface area contributed by atoms with Gasteiger partial charge in [-0.2, -0.15) is 0 Å². The molecule has 0 bridgehead atoms. The zero-order valence-corrected chi connectivity index (χ0v) is 31.6. The van der Waals surface area contributed by atoms with E-state index < -0.39 is 48.8 Å². The molecule has 4 aliphatic rings. The van der Waals surface area contributed by atoms with E-state index in [1.54, 1.807) is 19.2 Å². The maximum absolute atomic E-state index is 13.5. The Hall–Kier alpha value is -4.61. The van der Waals surface area contributed by atoms with Crippen LogP contribution in [-0.2, 0) is 27.4 Å². The van der Waals surface area contributed by atoms with Gasteiger partial charge in [-0.25, -0.2) is 9.78 Å². The third-order valence-corrected chi connectivity index (χ3v) is 11.4. The number of aryl methyl sites for hydroxylation is 1. The standard InChI is InChI=1S/C41H49N3O12/c1-4-30-27-10-12-42-29(27)19-44(30)35-37-25(15-28-31(47)13-22(2)54-38(28)35)16-33(40(3,55-37)11-9-24-14-34(49)43-18-24)56-53-21-41(52,39(51)36(50)32(48)20-45)17-23-5-7-26(46)8-6-23/h5-8,10,12-13,15,24,32-33,36,39,45-46,48,50-52H,4,9,11,14,16-21H2,1-3H3,(H,43,49)/t24-,32-,33-,36-,39+,40-,41+/m1/s1. The minimum Gasteiger partial charge on any atom is -0.508 e. The highest BCUT2D eigenvalue weighted by Gasteiger charge is 2.48. The van der Waals surface area contributed by atoms with Crippen LogP contribution in [0.1, 0.15) is 56.4 Å². The number of phenolic OH excluding ortho intramolecular Hbond substituents is 1. The summed E-state index contributed by atoms with van der Waals surface area (Å²) in [4.78, 5) is 44.2. The van der Waals surface area contributed by atoms with Crippen molar-refractivity contribution in [1.29, 1.82) is 0 Å². The number of nitrogens with one attached hydrogen (secondary N) is 1. The first-order valence-electron chi connectivity index (χ1n) is 19.0. The summed E-state index contributed by atoms with van der Waals surface area (Å²) in [5, 5.41) is 66.3. The fourth-order valence-electron chi connectivity index (χ4n) is 8.16. The number of hydrogen-bond acceptors (Lipinski definition) is 14. The summed E-state index contributed by atoms with van der Waals surface area (Å²) in [6, 6.07) is 9.00. The third kappa shape index (κ3) is 7.60. The lowest BCUT2D eigenvalue weighted by molar-refractivity contribution is -0.371. The SMILES string of the molecule is CCC1=C2C=CN=C2CN1c1c2c(cc3c(=O)cc(C)oc13)C[C@@H](OOC[C@@](O)(Cc1ccc(O)cc1)[C@@H](O)[C@H](O)[C@H](O)CO)[C@@](C)(CC[C@H]1CNC(=O)C1)O2. The number of aromatic hydroxyl groups is 1. The van der Waals surface area contributed by atoms with E-state index in [1.165, 1.54) is 30.3 Å². The van der Waals surface area contributed by atoms with Gasteiger partial charge in [0.25, 0.3) is 0 Å². The Kier molecular flexibility index (Phi) is 11.1. The van der Waals surface area contributed by atoms with Crippen LogP contribution >= 0.6 is 0 Å². The van der Waals surface area contributed by atoms with Crippen molar-refractivity contribution >= 4 is 28.3 Å². The lowest BCUT2D eigenvalue weighted by Crippen LogP contribution is -2.58. The Morgan fingerprint density at radius 3 is 2.61 bits per heavy atom. The molecule has 0 aliphatic carbocycles. The zero-order valence-electron chi connectivity index (χ0n) is 31.6. The molecule has 1 amide bonds. The Bertz CT molecular complexity index is 2130. The van der Waals surface area contributed by atoms with E-state index >= 15 is 0 Å². The van der Waals surface area contributed by atoms with Crippen molar-refractivity contribution in [2.24, 2.45) is 10.9 Å². The fraction of sp³-hybridized carbons (Fsp3) is 0.488. The highest BCUT2D eigenvalue weighted by Crippen LogP contribution is 2.50. The highest BCUT2D eigenvalue weighted by atomic mass is 17.2. The molecule has 0 radical (unpaired) electrons. The Labute approximate surface area is 323 Å². The van der Waals surface area contributed by atoms with Crippen LogP contribution in [0.5, 0.6) is 11.5 Å². The molecule has 300 valence electrons. The molecule has 5 heterocycles. The van der Waals surface area contributed by atoms with E-state index in [-0.39, 0.29) is 35.8 Å². The third-order valence-electron chi connectivity index (χ3n) is 11.4. The summed E-state index contributed by atoms with van der Waals surface area (Å²) in [7, 11) is 0. The van der Waals surface area contributed by atoms with Crippen molar-refractivity contribution < 1.29 is 54.4 Å². The Morgan fingerprint density at radius 1 is 1.14 bits per heavy atom. The molecule has 56 heavy (non-hydrogen) atoms. The van der Waals surface area contributed by atoms with Crippen molar-refractivity contribution in [3.05, 3.63) is 87.1 Å². The number of allylic oxidation sites excluding steroid dienone is 2. The topological polar surface area (TPSA) is 224 Å². The molecule has 0 spiro atoms. The van der Waals surface area contributed by atoms with Gasteiger partial charge in [-0.3, -0.25) is 14.6 Å². The maximum atomic E-state index is 13.5. The summed E-state index contributed by atoms with van der Waals surface area (Å²) in [6.45, 7) is 5.03. The number of anilines is 1. The number of aliphatic hydroxyl groups is 5. The first-order chi connectivity index (χ1) is 26.7. The van der Waals surface area contributed by atoms with Crippen LogP contribution in [0.2, 0.25) is 0 Å². The number of phenols is 1. The number of rotatable bonds is 15. The predicted molar refractivity (Wildman–Crippen MR) is 204 cm³/mol. The zero-order chi connectivity index (χ0) is 39.9. The average Bonchev–Trinajstić information content (AvgIpc) is 3.90. The monoisotopic (exact) mass is 775 g/mol. The van der Waals surface area contributed by atoms with Crippen LogP contribution in [0.25, 0.3) is 11.0 Å². The second-order valence-corrected chi connectivity index (χ2v) is 15.5. The van der Waals surface area contributed by atoms with Gasteiger partial charge in [0.1, 0.15) is 59.4 Å². The molecule has 7 rings (SSSR count). The van der Waals surface area contributed by atoms with Gasteiger partial charge in [0.05, 0.1) is 24.2 Å². The van der Waals surface area contributed by atoms with Crippen molar-refractivity contribution in [2.45, 2.75) is 94.9 Å². The van der Waals surface area contributed by atoms with E-state index in [9.17, 15) is 40.2 Å². The first-order valence-corrected chi connectivity index (χ1v) is 19.0. The van der Waals surface area contributed by atoms with Crippen LogP contribution in [0, 0.1) is 12.8 Å². The molecule has 15 nitrogen and oxygen atoms in total. The van der Waals surface area contributed by atoms with Gasteiger partial charge < -0.3 is 50.0 Å². The molecule has 0 saturated carbocycles. The number of carbonyl (C=O) groups excluding carboxylic acids is 1. The Balaban J connectivity index is 1.25. The van der Waals surface area contributed by atoms with Crippen molar-refractivity contribution in [1.82, 2.24) is 5.32 Å². The van der Waals surface area contributed by atoms with Gasteiger partial charge in [0, 0.05) is 54.9 Å². The maximum Gasteiger partial charge on any atom is 0.220 e. The number of nitrogens with zero attached hydrogens (tertiary/aromatic N) is 2. The quantitative estimate of drug-likeness (QED) is 0.0871. The molecule has 15 heteroatoms. The smallest absolute Gasteiger partial charge is 0.220 e. The normalized spacial score (nSPS) is 24.4. The minimum atomic E-state index is -2.26. The van der Waals surface area contributed by atoms with Gasteiger partial charge in [-0.15, -0.1) is 0 Å². The molecule has 4 aliphatic heterocycles. The summed E-state index contributed by atoms with van der Waals surface area (Å²) in [5.74, 6) is 0.947. The molecule has 1 fully saturated rings. The number of carbonyl (C=O) groups is 1. The Morgan fingerprint density at radius 2 is 1.91 bits per heavy atom. The van der Waals surface area contributed by atoms with Gasteiger partial charge in [-0.05, 0) is 68.9 Å². The molecule has 1 saturated heterocycles. The number of benzene rings is 2.